The molecular weight excluding hydrogens is 260 g/mol. The highest BCUT2D eigenvalue weighted by molar-refractivity contribution is 9.10. The van der Waals surface area contributed by atoms with E-state index in [1.54, 1.807) is 20.1 Å². The van der Waals surface area contributed by atoms with Crippen molar-refractivity contribution in [2.45, 2.75) is 13.8 Å². The number of halogens is 1. The average Bonchev–Trinajstić information content (AvgIpc) is 2.18. The number of hydrogen-bond donors (Lipinski definition) is 0. The first-order valence-electron chi connectivity index (χ1n) is 4.62. The van der Waals surface area contributed by atoms with E-state index in [9.17, 15) is 4.79 Å². The maximum Gasteiger partial charge on any atom is 0.339 e. The molecule has 0 radical (unpaired) electrons. The van der Waals surface area contributed by atoms with E-state index in [1.165, 1.54) is 0 Å². The van der Waals surface area contributed by atoms with Crippen molar-refractivity contribution in [3.05, 3.63) is 27.7 Å². The van der Waals surface area contributed by atoms with Gasteiger partial charge in [0.05, 0.1) is 23.8 Å². The second-order valence-corrected chi connectivity index (χ2v) is 3.79. The van der Waals surface area contributed by atoms with Gasteiger partial charge in [-0.3, -0.25) is 0 Å². The van der Waals surface area contributed by atoms with E-state index in [1.807, 2.05) is 13.0 Å². The van der Waals surface area contributed by atoms with Gasteiger partial charge in [-0.15, -0.1) is 0 Å². The van der Waals surface area contributed by atoms with Crippen molar-refractivity contribution >= 4 is 21.9 Å². The first-order chi connectivity index (χ1) is 7.11. The Bertz CT molecular complexity index is 374. The second kappa shape index (κ2) is 5.16. The number of benzene rings is 1. The third-order valence-corrected chi connectivity index (χ3v) is 2.78. The predicted molar refractivity (Wildman–Crippen MR) is 61.4 cm³/mol. The quantitative estimate of drug-likeness (QED) is 0.794. The van der Waals surface area contributed by atoms with E-state index in [4.69, 9.17) is 9.47 Å². The zero-order valence-corrected chi connectivity index (χ0v) is 10.6. The summed E-state index contributed by atoms with van der Waals surface area (Å²) < 4.78 is 10.8. The van der Waals surface area contributed by atoms with Gasteiger partial charge in [0.2, 0.25) is 0 Å². The van der Waals surface area contributed by atoms with Gasteiger partial charge < -0.3 is 9.47 Å². The van der Waals surface area contributed by atoms with Gasteiger partial charge in [-0.2, -0.15) is 0 Å². The number of hydrogen-bond acceptors (Lipinski definition) is 3. The van der Waals surface area contributed by atoms with Crippen LogP contribution in [-0.4, -0.2) is 19.7 Å². The maximum absolute atomic E-state index is 11.5. The average molecular weight is 273 g/mol. The van der Waals surface area contributed by atoms with Crippen LogP contribution in [0.1, 0.15) is 22.8 Å². The molecule has 15 heavy (non-hydrogen) atoms. The molecule has 1 aromatic carbocycles. The summed E-state index contributed by atoms with van der Waals surface area (Å²) in [5, 5.41) is 0. The van der Waals surface area contributed by atoms with Crippen LogP contribution in [-0.2, 0) is 4.74 Å². The minimum atomic E-state index is -0.345. The highest BCUT2D eigenvalue weighted by atomic mass is 79.9. The molecule has 0 N–H and O–H groups in total. The molecule has 0 unspecified atom stereocenters. The molecule has 0 aliphatic heterocycles. The molecule has 1 rings (SSSR count). The van der Waals surface area contributed by atoms with Crippen molar-refractivity contribution < 1.29 is 14.3 Å². The Balaban J connectivity index is 3.15. The van der Waals surface area contributed by atoms with E-state index < -0.39 is 0 Å². The number of rotatable bonds is 3. The summed E-state index contributed by atoms with van der Waals surface area (Å²) in [5.74, 6) is 0.322. The Morgan fingerprint density at radius 1 is 1.47 bits per heavy atom. The van der Waals surface area contributed by atoms with Gasteiger partial charge in [-0.05, 0) is 41.4 Å². The smallest absolute Gasteiger partial charge is 0.339 e. The predicted octanol–water partition coefficient (Wildman–Crippen LogP) is 2.94. The van der Waals surface area contributed by atoms with Crippen LogP contribution in [0, 0.1) is 6.92 Å². The van der Waals surface area contributed by atoms with Crippen LogP contribution in [0.15, 0.2) is 16.6 Å². The first-order valence-corrected chi connectivity index (χ1v) is 5.41. The lowest BCUT2D eigenvalue weighted by Crippen LogP contribution is -2.06. The van der Waals surface area contributed by atoms with E-state index in [-0.39, 0.29) is 5.97 Å². The fourth-order valence-electron chi connectivity index (χ4n) is 1.27. The summed E-state index contributed by atoms with van der Waals surface area (Å²) in [4.78, 5) is 11.5. The lowest BCUT2D eigenvalue weighted by atomic mass is 10.1. The van der Waals surface area contributed by atoms with Crippen LogP contribution in [0.5, 0.6) is 5.75 Å². The second-order valence-electron chi connectivity index (χ2n) is 3.00. The Morgan fingerprint density at radius 2 is 2.13 bits per heavy atom. The molecule has 4 heteroatoms. The van der Waals surface area contributed by atoms with E-state index in [0.717, 1.165) is 5.56 Å². The van der Waals surface area contributed by atoms with Gasteiger partial charge in [-0.25, -0.2) is 4.79 Å². The molecule has 0 atom stereocenters. The molecule has 0 heterocycles. The van der Waals surface area contributed by atoms with Crippen LogP contribution < -0.4 is 4.74 Å². The first kappa shape index (κ1) is 12.0. The third-order valence-electron chi connectivity index (χ3n) is 1.99. The summed E-state index contributed by atoms with van der Waals surface area (Å²) in [6.07, 6.45) is 0. The fraction of sp³-hybridized carbons (Fsp3) is 0.364. The standard InChI is InChI=1S/C11H13BrO3/c1-4-15-11(13)8-6-5-7(2)10(14-3)9(8)12/h5-6H,4H2,1-3H3. The highest BCUT2D eigenvalue weighted by Gasteiger charge is 2.16. The number of esters is 1. The van der Waals surface area contributed by atoms with Crippen LogP contribution in [0.25, 0.3) is 0 Å². The monoisotopic (exact) mass is 272 g/mol. The molecular formula is C11H13BrO3. The van der Waals surface area contributed by atoms with Crippen LogP contribution in [0.4, 0.5) is 0 Å². The molecule has 0 spiro atoms. The lowest BCUT2D eigenvalue weighted by Gasteiger charge is -2.10. The van der Waals surface area contributed by atoms with E-state index >= 15 is 0 Å². The highest BCUT2D eigenvalue weighted by Crippen LogP contribution is 2.32. The van der Waals surface area contributed by atoms with Crippen molar-refractivity contribution in [2.75, 3.05) is 13.7 Å². The van der Waals surface area contributed by atoms with Crippen molar-refractivity contribution in [2.24, 2.45) is 0 Å². The van der Waals surface area contributed by atoms with Crippen LogP contribution in [0.3, 0.4) is 0 Å². The number of aryl methyl sites for hydroxylation is 1. The van der Waals surface area contributed by atoms with Crippen molar-refractivity contribution in [3.63, 3.8) is 0 Å². The Hall–Kier alpha value is -1.03. The maximum atomic E-state index is 11.5. The number of ether oxygens (including phenoxy) is 2. The number of carbonyl (C=O) groups excluding carboxylic acids is 1. The van der Waals surface area contributed by atoms with Gasteiger partial charge in [0.15, 0.2) is 0 Å². The molecule has 0 aliphatic rings. The Kier molecular flexibility index (Phi) is 4.15. The topological polar surface area (TPSA) is 35.5 Å². The molecule has 3 nitrogen and oxygen atoms in total. The van der Waals surface area contributed by atoms with E-state index in [2.05, 4.69) is 15.9 Å². The molecule has 0 bridgehead atoms. The SMILES string of the molecule is CCOC(=O)c1ccc(C)c(OC)c1Br. The fourth-order valence-corrected chi connectivity index (χ4v) is 2.04. The summed E-state index contributed by atoms with van der Waals surface area (Å²) in [6.45, 7) is 4.05. The molecule has 0 fully saturated rings. The Morgan fingerprint density at radius 3 is 2.67 bits per heavy atom. The summed E-state index contributed by atoms with van der Waals surface area (Å²) >= 11 is 3.34. The minimum absolute atomic E-state index is 0.345. The largest absolute Gasteiger partial charge is 0.495 e. The normalized spacial score (nSPS) is 9.87. The molecule has 1 aromatic rings. The van der Waals surface area contributed by atoms with E-state index in [0.29, 0.717) is 22.4 Å². The van der Waals surface area contributed by atoms with Crippen LogP contribution >= 0.6 is 15.9 Å². The third kappa shape index (κ3) is 2.50. The van der Waals surface area contributed by atoms with Crippen molar-refractivity contribution in [3.8, 4) is 5.75 Å². The molecule has 0 aliphatic carbocycles. The van der Waals surface area contributed by atoms with Gasteiger partial charge in [0.1, 0.15) is 5.75 Å². The molecule has 0 saturated carbocycles. The minimum Gasteiger partial charge on any atom is -0.495 e. The molecule has 0 aromatic heterocycles. The summed E-state index contributed by atoms with van der Waals surface area (Å²) in [6, 6.07) is 3.55. The van der Waals surface area contributed by atoms with Gasteiger partial charge in [-0.1, -0.05) is 6.07 Å². The summed E-state index contributed by atoms with van der Waals surface area (Å²) in [5.41, 5.74) is 1.46. The zero-order valence-electron chi connectivity index (χ0n) is 8.96. The van der Waals surface area contributed by atoms with Crippen molar-refractivity contribution in [1.82, 2.24) is 0 Å². The molecule has 0 amide bonds. The number of methoxy groups -OCH3 is 1. The molecule has 82 valence electrons. The van der Waals surface area contributed by atoms with Gasteiger partial charge in [0, 0.05) is 0 Å². The lowest BCUT2D eigenvalue weighted by molar-refractivity contribution is 0.0525. The van der Waals surface area contributed by atoms with Gasteiger partial charge >= 0.3 is 5.97 Å². The summed E-state index contributed by atoms with van der Waals surface area (Å²) in [7, 11) is 1.57. The van der Waals surface area contributed by atoms with Gasteiger partial charge in [0.25, 0.3) is 0 Å². The van der Waals surface area contributed by atoms with Crippen LogP contribution in [0.2, 0.25) is 0 Å². The number of carbonyl (C=O) groups is 1. The molecule has 0 saturated heterocycles. The zero-order chi connectivity index (χ0) is 11.4. The van der Waals surface area contributed by atoms with Crippen molar-refractivity contribution in [1.29, 1.82) is 0 Å². The Labute approximate surface area is 97.5 Å².